The molecule has 8 heteroatoms. The maximum absolute atomic E-state index is 12.4. The molecule has 0 spiro atoms. The number of carbonyl (C=O) groups is 1. The normalized spacial score (nSPS) is 11.7. The van der Waals surface area contributed by atoms with E-state index in [0.29, 0.717) is 10.9 Å². The van der Waals surface area contributed by atoms with E-state index in [0.717, 1.165) is 27.6 Å². The molecule has 0 atom stereocenters. The number of aryl methyl sites for hydroxylation is 1. The van der Waals surface area contributed by atoms with Crippen LogP contribution < -0.4 is 0 Å². The Morgan fingerprint density at radius 3 is 2.20 bits per heavy atom. The first-order chi connectivity index (χ1) is 11.7. The fourth-order valence-electron chi connectivity index (χ4n) is 2.23. The van der Waals surface area contributed by atoms with Gasteiger partial charge in [-0.25, -0.2) is 8.42 Å². The summed E-state index contributed by atoms with van der Waals surface area (Å²) in [4.78, 5) is 13.9. The number of halogens is 1. The molecule has 25 heavy (non-hydrogen) atoms. The van der Waals surface area contributed by atoms with Crippen LogP contribution in [0, 0.1) is 0 Å². The van der Waals surface area contributed by atoms with Gasteiger partial charge in [0.1, 0.15) is 4.21 Å². The van der Waals surface area contributed by atoms with E-state index >= 15 is 0 Å². The van der Waals surface area contributed by atoms with Gasteiger partial charge in [-0.2, -0.15) is 4.31 Å². The van der Waals surface area contributed by atoms with Crippen molar-refractivity contribution in [2.45, 2.75) is 24.1 Å². The number of nitrogens with zero attached hydrogens (tertiary/aromatic N) is 2. The van der Waals surface area contributed by atoms with Crippen molar-refractivity contribution in [3.63, 3.8) is 0 Å². The van der Waals surface area contributed by atoms with Crippen LogP contribution in [0.3, 0.4) is 0 Å². The Morgan fingerprint density at radius 2 is 1.68 bits per heavy atom. The number of thiophene rings is 1. The van der Waals surface area contributed by atoms with Crippen LogP contribution in [0.15, 0.2) is 40.6 Å². The lowest BCUT2D eigenvalue weighted by atomic mass is 10.1. The Morgan fingerprint density at radius 1 is 1.08 bits per heavy atom. The van der Waals surface area contributed by atoms with E-state index in [1.165, 1.54) is 29.6 Å². The summed E-state index contributed by atoms with van der Waals surface area (Å²) in [5, 5.41) is 0. The Balaban J connectivity index is 1.99. The molecule has 0 aliphatic carbocycles. The monoisotopic (exact) mass is 400 g/mol. The lowest BCUT2D eigenvalue weighted by Crippen LogP contribution is -2.38. The molecular weight excluding hydrogens is 380 g/mol. The zero-order valence-electron chi connectivity index (χ0n) is 14.4. The van der Waals surface area contributed by atoms with Crippen LogP contribution in [0.5, 0.6) is 0 Å². The van der Waals surface area contributed by atoms with Gasteiger partial charge >= 0.3 is 0 Å². The topological polar surface area (TPSA) is 57.7 Å². The van der Waals surface area contributed by atoms with Crippen LogP contribution in [0.4, 0.5) is 0 Å². The van der Waals surface area contributed by atoms with Crippen LogP contribution in [0.2, 0.25) is 4.34 Å². The van der Waals surface area contributed by atoms with Crippen molar-refractivity contribution in [1.29, 1.82) is 0 Å². The quantitative estimate of drug-likeness (QED) is 0.716. The molecule has 0 radical (unpaired) electrons. The van der Waals surface area contributed by atoms with Crippen LogP contribution >= 0.6 is 22.9 Å². The van der Waals surface area contributed by atoms with Crippen LogP contribution in [0.25, 0.3) is 0 Å². The van der Waals surface area contributed by atoms with Gasteiger partial charge in [-0.1, -0.05) is 42.8 Å². The lowest BCUT2D eigenvalue weighted by molar-refractivity contribution is -0.130. The third-order valence-electron chi connectivity index (χ3n) is 3.85. The van der Waals surface area contributed by atoms with E-state index in [4.69, 9.17) is 11.6 Å². The lowest BCUT2D eigenvalue weighted by Gasteiger charge is -2.21. The van der Waals surface area contributed by atoms with Crippen LogP contribution in [-0.4, -0.2) is 44.2 Å². The number of benzene rings is 1. The summed E-state index contributed by atoms with van der Waals surface area (Å²) in [6, 6.07) is 11.0. The molecule has 136 valence electrons. The Bertz CT molecular complexity index is 832. The summed E-state index contributed by atoms with van der Waals surface area (Å²) >= 11 is 6.77. The summed E-state index contributed by atoms with van der Waals surface area (Å²) < 4.78 is 26.5. The minimum atomic E-state index is -3.71. The molecule has 5 nitrogen and oxygen atoms in total. The minimum Gasteiger partial charge on any atom is -0.340 e. The van der Waals surface area contributed by atoms with Crippen molar-refractivity contribution >= 4 is 38.9 Å². The average Bonchev–Trinajstić information content (AvgIpc) is 3.02. The Kier molecular flexibility index (Phi) is 6.62. The smallest absolute Gasteiger partial charge is 0.252 e. The maximum atomic E-state index is 12.4. The van der Waals surface area contributed by atoms with Crippen molar-refractivity contribution in [3.05, 3.63) is 51.9 Å². The van der Waals surface area contributed by atoms with Gasteiger partial charge in [0, 0.05) is 20.6 Å². The first-order valence-corrected chi connectivity index (χ1v) is 10.4. The summed E-state index contributed by atoms with van der Waals surface area (Å²) in [5.74, 6) is -0.270. The molecule has 0 aliphatic heterocycles. The van der Waals surface area contributed by atoms with Gasteiger partial charge in [0.25, 0.3) is 10.0 Å². The maximum Gasteiger partial charge on any atom is 0.252 e. The van der Waals surface area contributed by atoms with Crippen molar-refractivity contribution in [2.75, 3.05) is 20.6 Å². The second-order valence-corrected chi connectivity index (χ2v) is 9.73. The SMILES string of the molecule is CCc1ccc(CN(C)C(=O)CN(C)S(=O)(=O)c2ccc(Cl)s2)cc1. The van der Waals surface area contributed by atoms with E-state index in [-0.39, 0.29) is 16.7 Å². The van der Waals surface area contributed by atoms with Crippen molar-refractivity contribution in [2.24, 2.45) is 0 Å². The number of amides is 1. The predicted octanol–water partition coefficient (Wildman–Crippen LogP) is 3.24. The number of sulfonamides is 1. The summed E-state index contributed by atoms with van der Waals surface area (Å²) in [7, 11) is -0.650. The van der Waals surface area contributed by atoms with E-state index in [1.807, 2.05) is 24.3 Å². The number of hydrogen-bond donors (Lipinski definition) is 0. The van der Waals surface area contributed by atoms with E-state index in [1.54, 1.807) is 7.05 Å². The van der Waals surface area contributed by atoms with Gasteiger partial charge in [0.2, 0.25) is 5.91 Å². The number of likely N-dealkylation sites (N-methyl/N-ethyl adjacent to an activating group) is 2. The number of rotatable bonds is 7. The first kappa shape index (κ1) is 19.9. The van der Waals surface area contributed by atoms with Gasteiger partial charge in [-0.05, 0) is 29.7 Å². The molecule has 0 bridgehead atoms. The molecule has 2 rings (SSSR count). The van der Waals surface area contributed by atoms with E-state index in [9.17, 15) is 13.2 Å². The van der Waals surface area contributed by atoms with Crippen LogP contribution in [-0.2, 0) is 27.8 Å². The minimum absolute atomic E-state index is 0.130. The highest BCUT2D eigenvalue weighted by Gasteiger charge is 2.25. The largest absolute Gasteiger partial charge is 0.340 e. The highest BCUT2D eigenvalue weighted by atomic mass is 35.5. The third kappa shape index (κ3) is 5.04. The van der Waals surface area contributed by atoms with Gasteiger partial charge in [0.05, 0.1) is 10.9 Å². The molecule has 0 saturated carbocycles. The molecular formula is C17H21ClN2O3S2. The van der Waals surface area contributed by atoms with Crippen molar-refractivity contribution < 1.29 is 13.2 Å². The molecule has 0 N–H and O–H groups in total. The summed E-state index contributed by atoms with van der Waals surface area (Å²) in [5.41, 5.74) is 2.24. The third-order valence-corrected chi connectivity index (χ3v) is 7.35. The number of carbonyl (C=O) groups excluding carboxylic acids is 1. The van der Waals surface area contributed by atoms with Gasteiger partial charge in [-0.3, -0.25) is 4.79 Å². The Hall–Kier alpha value is -1.41. The fourth-order valence-corrected chi connectivity index (χ4v) is 5.04. The fraction of sp³-hybridized carbons (Fsp3) is 0.353. The van der Waals surface area contributed by atoms with Crippen molar-refractivity contribution in [1.82, 2.24) is 9.21 Å². The second-order valence-electron chi connectivity index (χ2n) is 5.74. The predicted molar refractivity (Wildman–Crippen MR) is 101 cm³/mol. The molecule has 0 unspecified atom stereocenters. The standard InChI is InChI=1S/C17H21ClN2O3S2/c1-4-13-5-7-14(8-6-13)11-19(2)16(21)12-20(3)25(22,23)17-10-9-15(18)24-17/h5-10H,4,11-12H2,1-3H3. The average molecular weight is 401 g/mol. The summed E-state index contributed by atoms with van der Waals surface area (Å²) in [6.07, 6.45) is 0.963. The van der Waals surface area contributed by atoms with E-state index in [2.05, 4.69) is 6.92 Å². The van der Waals surface area contributed by atoms with Gasteiger partial charge in [0.15, 0.2) is 0 Å². The van der Waals surface area contributed by atoms with Crippen molar-refractivity contribution in [3.8, 4) is 0 Å². The van der Waals surface area contributed by atoms with Gasteiger partial charge < -0.3 is 4.90 Å². The first-order valence-electron chi connectivity index (χ1n) is 7.77. The molecule has 1 heterocycles. The molecule has 1 aromatic carbocycles. The summed E-state index contributed by atoms with van der Waals surface area (Å²) in [6.45, 7) is 2.30. The molecule has 0 fully saturated rings. The molecule has 0 saturated heterocycles. The highest BCUT2D eigenvalue weighted by Crippen LogP contribution is 2.27. The molecule has 1 aromatic heterocycles. The van der Waals surface area contributed by atoms with Gasteiger partial charge in [-0.15, -0.1) is 11.3 Å². The number of hydrogen-bond acceptors (Lipinski definition) is 4. The molecule has 0 aliphatic rings. The zero-order chi connectivity index (χ0) is 18.6. The molecule has 1 amide bonds. The molecule has 2 aromatic rings. The van der Waals surface area contributed by atoms with E-state index < -0.39 is 10.0 Å². The highest BCUT2D eigenvalue weighted by molar-refractivity contribution is 7.91. The van der Waals surface area contributed by atoms with Crippen LogP contribution in [0.1, 0.15) is 18.1 Å². The Labute approximate surface area is 157 Å². The zero-order valence-corrected chi connectivity index (χ0v) is 16.8. The second kappa shape index (κ2) is 8.31.